The van der Waals surface area contributed by atoms with Crippen molar-refractivity contribution in [1.82, 2.24) is 10.3 Å². The van der Waals surface area contributed by atoms with Crippen molar-refractivity contribution in [2.24, 2.45) is 11.8 Å². The van der Waals surface area contributed by atoms with E-state index >= 15 is 0 Å². The molecule has 1 unspecified atom stereocenters. The van der Waals surface area contributed by atoms with Crippen molar-refractivity contribution >= 4 is 16.8 Å². The summed E-state index contributed by atoms with van der Waals surface area (Å²) in [6.45, 7) is 4.82. The molecular formula is C17H23FN2O2. The molecular weight excluding hydrogens is 283 g/mol. The lowest BCUT2D eigenvalue weighted by atomic mass is 9.94. The van der Waals surface area contributed by atoms with Gasteiger partial charge in [0.2, 0.25) is 0 Å². The summed E-state index contributed by atoms with van der Waals surface area (Å²) in [5, 5.41) is 12.3. The van der Waals surface area contributed by atoms with Gasteiger partial charge in [0, 0.05) is 30.3 Å². The van der Waals surface area contributed by atoms with E-state index in [1.54, 1.807) is 12.1 Å². The van der Waals surface area contributed by atoms with E-state index in [9.17, 15) is 9.18 Å². The Kier molecular flexibility index (Phi) is 5.55. The fourth-order valence-corrected chi connectivity index (χ4v) is 2.80. The molecule has 1 atom stereocenters. The molecule has 2 aromatic rings. The Morgan fingerprint density at radius 1 is 1.41 bits per heavy atom. The third-order valence-electron chi connectivity index (χ3n) is 3.79. The number of amides is 1. The highest BCUT2D eigenvalue weighted by molar-refractivity contribution is 6.06. The SMILES string of the molecule is CC(C)CC(CCO)CNC(=O)c1c[nH]c2cccc(F)c12. The summed E-state index contributed by atoms with van der Waals surface area (Å²) in [6, 6.07) is 4.69. The molecule has 1 aromatic heterocycles. The van der Waals surface area contributed by atoms with Crippen LogP contribution in [0.15, 0.2) is 24.4 Å². The van der Waals surface area contributed by atoms with Crippen LogP contribution in [0.25, 0.3) is 10.9 Å². The highest BCUT2D eigenvalue weighted by Gasteiger charge is 2.17. The maximum absolute atomic E-state index is 13.9. The smallest absolute Gasteiger partial charge is 0.253 e. The largest absolute Gasteiger partial charge is 0.396 e. The zero-order valence-corrected chi connectivity index (χ0v) is 13.0. The second-order valence-electron chi connectivity index (χ2n) is 6.08. The monoisotopic (exact) mass is 306 g/mol. The predicted molar refractivity (Wildman–Crippen MR) is 85.2 cm³/mol. The number of carbonyl (C=O) groups excluding carboxylic acids is 1. The Bertz CT molecular complexity index is 637. The van der Waals surface area contributed by atoms with Crippen LogP contribution in [-0.4, -0.2) is 29.1 Å². The first-order valence-corrected chi connectivity index (χ1v) is 7.67. The van der Waals surface area contributed by atoms with Gasteiger partial charge in [-0.3, -0.25) is 4.79 Å². The Morgan fingerprint density at radius 3 is 2.86 bits per heavy atom. The number of hydrogen-bond acceptors (Lipinski definition) is 2. The molecule has 0 spiro atoms. The zero-order valence-electron chi connectivity index (χ0n) is 13.0. The van der Waals surface area contributed by atoms with Crippen molar-refractivity contribution in [3.8, 4) is 0 Å². The third-order valence-corrected chi connectivity index (χ3v) is 3.79. The van der Waals surface area contributed by atoms with Crippen LogP contribution in [0.1, 0.15) is 37.0 Å². The second kappa shape index (κ2) is 7.40. The highest BCUT2D eigenvalue weighted by Crippen LogP contribution is 2.21. The molecule has 0 bridgehead atoms. The van der Waals surface area contributed by atoms with Gasteiger partial charge in [-0.1, -0.05) is 19.9 Å². The normalized spacial score (nSPS) is 12.8. The van der Waals surface area contributed by atoms with Gasteiger partial charge in [-0.15, -0.1) is 0 Å². The van der Waals surface area contributed by atoms with Crippen LogP contribution in [-0.2, 0) is 0 Å². The zero-order chi connectivity index (χ0) is 16.1. The number of hydrogen-bond donors (Lipinski definition) is 3. The van der Waals surface area contributed by atoms with Crippen LogP contribution in [0.3, 0.4) is 0 Å². The maximum Gasteiger partial charge on any atom is 0.253 e. The molecule has 0 fully saturated rings. The first-order valence-electron chi connectivity index (χ1n) is 7.67. The van der Waals surface area contributed by atoms with Crippen molar-refractivity contribution < 1.29 is 14.3 Å². The molecule has 120 valence electrons. The van der Waals surface area contributed by atoms with Crippen LogP contribution in [0.4, 0.5) is 4.39 Å². The van der Waals surface area contributed by atoms with E-state index in [-0.39, 0.29) is 18.4 Å². The number of aliphatic hydroxyl groups is 1. The van der Waals surface area contributed by atoms with E-state index < -0.39 is 5.82 Å². The summed E-state index contributed by atoms with van der Waals surface area (Å²) in [7, 11) is 0. The molecule has 0 radical (unpaired) electrons. The van der Waals surface area contributed by atoms with E-state index in [1.165, 1.54) is 12.3 Å². The number of aliphatic hydroxyl groups excluding tert-OH is 1. The number of aromatic nitrogens is 1. The molecule has 0 saturated heterocycles. The van der Waals surface area contributed by atoms with Crippen molar-refractivity contribution in [2.45, 2.75) is 26.7 Å². The summed E-state index contributed by atoms with van der Waals surface area (Å²) in [4.78, 5) is 15.2. The average Bonchev–Trinajstić information content (AvgIpc) is 2.89. The topological polar surface area (TPSA) is 65.1 Å². The van der Waals surface area contributed by atoms with E-state index in [4.69, 9.17) is 5.11 Å². The van der Waals surface area contributed by atoms with Gasteiger partial charge >= 0.3 is 0 Å². The van der Waals surface area contributed by atoms with E-state index in [0.29, 0.717) is 35.3 Å². The van der Waals surface area contributed by atoms with Crippen molar-refractivity contribution in [3.05, 3.63) is 35.8 Å². The summed E-state index contributed by atoms with van der Waals surface area (Å²) in [6.07, 6.45) is 3.12. The summed E-state index contributed by atoms with van der Waals surface area (Å²) in [5.41, 5.74) is 0.930. The van der Waals surface area contributed by atoms with E-state index in [1.807, 2.05) is 0 Å². The lowest BCUT2D eigenvalue weighted by Crippen LogP contribution is -2.30. The van der Waals surface area contributed by atoms with Gasteiger partial charge in [0.15, 0.2) is 0 Å². The fraction of sp³-hybridized carbons (Fsp3) is 0.471. The molecule has 3 N–H and O–H groups in total. The minimum absolute atomic E-state index is 0.106. The Hall–Kier alpha value is -1.88. The average molecular weight is 306 g/mol. The summed E-state index contributed by atoms with van der Waals surface area (Å²) >= 11 is 0. The van der Waals surface area contributed by atoms with Crippen LogP contribution in [0.2, 0.25) is 0 Å². The molecule has 22 heavy (non-hydrogen) atoms. The van der Waals surface area contributed by atoms with Crippen molar-refractivity contribution in [2.75, 3.05) is 13.2 Å². The molecule has 1 amide bonds. The van der Waals surface area contributed by atoms with Crippen LogP contribution in [0, 0.1) is 17.7 Å². The van der Waals surface area contributed by atoms with E-state index in [0.717, 1.165) is 6.42 Å². The molecule has 0 aliphatic carbocycles. The summed E-state index contributed by atoms with van der Waals surface area (Å²) in [5.74, 6) is 0.0315. The van der Waals surface area contributed by atoms with Crippen LogP contribution >= 0.6 is 0 Å². The van der Waals surface area contributed by atoms with Gasteiger partial charge in [0.05, 0.1) is 5.56 Å². The Labute approximate surface area is 129 Å². The third kappa shape index (κ3) is 3.85. The van der Waals surface area contributed by atoms with Gasteiger partial charge in [-0.05, 0) is 36.8 Å². The lowest BCUT2D eigenvalue weighted by molar-refractivity contribution is 0.0943. The minimum atomic E-state index is -0.405. The molecule has 0 saturated carbocycles. The van der Waals surface area contributed by atoms with Crippen molar-refractivity contribution in [1.29, 1.82) is 0 Å². The molecule has 0 aliphatic rings. The number of aromatic amines is 1. The number of rotatable bonds is 7. The van der Waals surface area contributed by atoms with Gasteiger partial charge in [-0.2, -0.15) is 0 Å². The Balaban J connectivity index is 2.07. The van der Waals surface area contributed by atoms with E-state index in [2.05, 4.69) is 24.1 Å². The molecule has 1 aromatic carbocycles. The maximum atomic E-state index is 13.9. The summed E-state index contributed by atoms with van der Waals surface area (Å²) < 4.78 is 13.9. The first-order chi connectivity index (χ1) is 10.5. The number of benzene rings is 1. The molecule has 0 aliphatic heterocycles. The quantitative estimate of drug-likeness (QED) is 0.736. The second-order valence-corrected chi connectivity index (χ2v) is 6.08. The molecule has 5 heteroatoms. The molecule has 4 nitrogen and oxygen atoms in total. The first kappa shape index (κ1) is 16.5. The fourth-order valence-electron chi connectivity index (χ4n) is 2.80. The van der Waals surface area contributed by atoms with Gasteiger partial charge in [0.25, 0.3) is 5.91 Å². The standard InChI is InChI=1S/C17H23FN2O2/c1-11(2)8-12(6-7-21)9-20-17(22)13-10-19-15-5-3-4-14(18)16(13)15/h3-5,10-12,19,21H,6-9H2,1-2H3,(H,20,22). The van der Waals surface area contributed by atoms with Crippen LogP contribution in [0.5, 0.6) is 0 Å². The minimum Gasteiger partial charge on any atom is -0.396 e. The molecule has 2 rings (SSSR count). The number of fused-ring (bicyclic) bond motifs is 1. The van der Waals surface area contributed by atoms with Gasteiger partial charge in [0.1, 0.15) is 5.82 Å². The number of halogens is 1. The van der Waals surface area contributed by atoms with Gasteiger partial charge < -0.3 is 15.4 Å². The molecule has 1 heterocycles. The highest BCUT2D eigenvalue weighted by atomic mass is 19.1. The number of H-pyrrole nitrogens is 1. The number of nitrogens with one attached hydrogen (secondary N) is 2. The van der Waals surface area contributed by atoms with Gasteiger partial charge in [-0.25, -0.2) is 4.39 Å². The lowest BCUT2D eigenvalue weighted by Gasteiger charge is -2.18. The Morgan fingerprint density at radius 2 is 2.18 bits per heavy atom. The predicted octanol–water partition coefficient (Wildman–Crippen LogP) is 3.08. The number of carbonyl (C=O) groups is 1. The van der Waals surface area contributed by atoms with Crippen molar-refractivity contribution in [3.63, 3.8) is 0 Å². The van der Waals surface area contributed by atoms with Crippen LogP contribution < -0.4 is 5.32 Å².